The highest BCUT2D eigenvalue weighted by atomic mass is 16.3. The quantitative estimate of drug-likeness (QED) is 0.181. The van der Waals surface area contributed by atoms with Gasteiger partial charge in [0.25, 0.3) is 0 Å². The molecule has 2 heterocycles. The molecule has 0 radical (unpaired) electrons. The molecular weight excluding hydrogens is 657 g/mol. The average molecular weight is 689 g/mol. The van der Waals surface area contributed by atoms with Crippen LogP contribution in [0, 0.1) is 0 Å². The Balaban J connectivity index is 1.11. The highest BCUT2D eigenvalue weighted by Crippen LogP contribution is 2.56. The minimum atomic E-state index is -0.465. The summed E-state index contributed by atoms with van der Waals surface area (Å²) in [6.45, 7) is 0. The third-order valence-corrected chi connectivity index (χ3v) is 11.2. The lowest BCUT2D eigenvalue weighted by molar-refractivity contribution is 0.669. The molecule has 0 amide bonds. The lowest BCUT2D eigenvalue weighted by atomic mass is 9.67. The number of fused-ring (bicyclic) bond motifs is 8. The molecule has 10 aromatic rings. The average Bonchev–Trinajstić information content (AvgIpc) is 3.78. The Kier molecular flexibility index (Phi) is 6.77. The summed E-state index contributed by atoms with van der Waals surface area (Å²) in [5, 5.41) is 3.06. The number of benzene rings is 8. The van der Waals surface area contributed by atoms with E-state index in [1.165, 1.54) is 33.4 Å². The largest absolute Gasteiger partial charge is 0.456 e. The molecule has 0 saturated carbocycles. The van der Waals surface area contributed by atoms with Crippen LogP contribution in [-0.4, -0.2) is 9.97 Å². The van der Waals surface area contributed by atoms with Crippen molar-refractivity contribution in [3.63, 3.8) is 0 Å². The number of hydrogen-bond acceptors (Lipinski definition) is 3. The molecule has 0 atom stereocenters. The van der Waals surface area contributed by atoms with E-state index in [-0.39, 0.29) is 0 Å². The normalized spacial score (nSPS) is 13.0. The van der Waals surface area contributed by atoms with Crippen LogP contribution in [0.3, 0.4) is 0 Å². The SMILES string of the molecule is c1ccc(-c2nc(-c3cccc(-c4cccc(C5(c6ccccc6)c6ccccc6-c6ccccc65)c4)c3)nc3c2ccc2oc4ccccc4c23)cc1. The van der Waals surface area contributed by atoms with Gasteiger partial charge in [-0.2, -0.15) is 0 Å². The van der Waals surface area contributed by atoms with Crippen LogP contribution in [0.2, 0.25) is 0 Å². The monoisotopic (exact) mass is 688 g/mol. The zero-order valence-electron chi connectivity index (χ0n) is 29.3. The number of nitrogens with zero attached hydrogens (tertiary/aromatic N) is 2. The van der Waals surface area contributed by atoms with Gasteiger partial charge in [0.05, 0.1) is 22.0 Å². The highest BCUT2D eigenvalue weighted by molar-refractivity contribution is 6.19. The van der Waals surface area contributed by atoms with Crippen molar-refractivity contribution in [3.8, 4) is 44.9 Å². The summed E-state index contributed by atoms with van der Waals surface area (Å²) in [5.74, 6) is 0.677. The van der Waals surface area contributed by atoms with Gasteiger partial charge in [-0.05, 0) is 74.8 Å². The molecule has 0 bridgehead atoms. The van der Waals surface area contributed by atoms with E-state index >= 15 is 0 Å². The van der Waals surface area contributed by atoms with Crippen LogP contribution in [0.5, 0.6) is 0 Å². The van der Waals surface area contributed by atoms with Crippen molar-refractivity contribution < 1.29 is 4.42 Å². The lowest BCUT2D eigenvalue weighted by Gasteiger charge is -2.34. The van der Waals surface area contributed by atoms with Crippen molar-refractivity contribution in [1.29, 1.82) is 0 Å². The van der Waals surface area contributed by atoms with Crippen molar-refractivity contribution in [2.24, 2.45) is 0 Å². The topological polar surface area (TPSA) is 38.9 Å². The zero-order chi connectivity index (χ0) is 35.6. The Hall–Kier alpha value is -7.10. The van der Waals surface area contributed by atoms with Crippen LogP contribution in [-0.2, 0) is 5.41 Å². The van der Waals surface area contributed by atoms with Gasteiger partial charge in [-0.3, -0.25) is 0 Å². The maximum absolute atomic E-state index is 6.31. The molecular formula is C51H32N2O. The molecule has 0 unspecified atom stereocenters. The van der Waals surface area contributed by atoms with Crippen molar-refractivity contribution in [2.45, 2.75) is 5.41 Å². The van der Waals surface area contributed by atoms with E-state index in [2.05, 4.69) is 170 Å². The number of hydrogen-bond donors (Lipinski definition) is 0. The van der Waals surface area contributed by atoms with E-state index in [1.54, 1.807) is 0 Å². The van der Waals surface area contributed by atoms with Gasteiger partial charge >= 0.3 is 0 Å². The maximum atomic E-state index is 6.31. The number of para-hydroxylation sites is 1. The summed E-state index contributed by atoms with van der Waals surface area (Å²) in [6.07, 6.45) is 0. The second-order valence-corrected chi connectivity index (χ2v) is 14.1. The Labute approximate surface area is 312 Å². The van der Waals surface area contributed by atoms with E-state index in [4.69, 9.17) is 14.4 Å². The van der Waals surface area contributed by atoms with Gasteiger partial charge in [0.2, 0.25) is 0 Å². The van der Waals surface area contributed by atoms with Crippen molar-refractivity contribution in [3.05, 3.63) is 216 Å². The molecule has 0 N–H and O–H groups in total. The first-order valence-corrected chi connectivity index (χ1v) is 18.4. The molecule has 0 aliphatic heterocycles. The molecule has 0 saturated heterocycles. The molecule has 252 valence electrons. The van der Waals surface area contributed by atoms with Crippen LogP contribution in [0.4, 0.5) is 0 Å². The Bertz CT molecular complexity index is 3010. The number of rotatable bonds is 5. The van der Waals surface area contributed by atoms with Gasteiger partial charge in [0, 0.05) is 21.9 Å². The summed E-state index contributed by atoms with van der Waals surface area (Å²) in [4.78, 5) is 10.6. The summed E-state index contributed by atoms with van der Waals surface area (Å²) in [7, 11) is 0. The number of aromatic nitrogens is 2. The van der Waals surface area contributed by atoms with E-state index in [0.29, 0.717) is 5.82 Å². The van der Waals surface area contributed by atoms with Gasteiger partial charge in [0.15, 0.2) is 5.82 Å². The first-order chi connectivity index (χ1) is 26.8. The van der Waals surface area contributed by atoms with Crippen molar-refractivity contribution >= 4 is 32.8 Å². The molecule has 2 aromatic heterocycles. The molecule has 1 aliphatic rings. The Morgan fingerprint density at radius 3 is 1.76 bits per heavy atom. The molecule has 8 aromatic carbocycles. The second-order valence-electron chi connectivity index (χ2n) is 14.1. The fourth-order valence-electron chi connectivity index (χ4n) is 8.83. The van der Waals surface area contributed by atoms with Crippen molar-refractivity contribution in [2.75, 3.05) is 0 Å². The van der Waals surface area contributed by atoms with Crippen LogP contribution in [0.15, 0.2) is 199 Å². The van der Waals surface area contributed by atoms with E-state index in [1.807, 2.05) is 24.3 Å². The summed E-state index contributed by atoms with van der Waals surface area (Å²) in [6, 6.07) is 69.2. The molecule has 1 aliphatic carbocycles. The lowest BCUT2D eigenvalue weighted by Crippen LogP contribution is -2.28. The van der Waals surface area contributed by atoms with Crippen LogP contribution < -0.4 is 0 Å². The molecule has 11 rings (SSSR count). The van der Waals surface area contributed by atoms with Gasteiger partial charge in [-0.1, -0.05) is 164 Å². The summed E-state index contributed by atoms with van der Waals surface area (Å²) < 4.78 is 6.31. The van der Waals surface area contributed by atoms with Gasteiger partial charge in [0.1, 0.15) is 11.2 Å². The van der Waals surface area contributed by atoms with Gasteiger partial charge < -0.3 is 4.42 Å². The van der Waals surface area contributed by atoms with Crippen LogP contribution >= 0.6 is 0 Å². The summed E-state index contributed by atoms with van der Waals surface area (Å²) >= 11 is 0. The van der Waals surface area contributed by atoms with E-state index in [0.717, 1.165) is 60.8 Å². The first kappa shape index (κ1) is 30.5. The smallest absolute Gasteiger partial charge is 0.160 e. The minimum absolute atomic E-state index is 0.465. The summed E-state index contributed by atoms with van der Waals surface area (Å²) in [5.41, 5.74) is 14.9. The van der Waals surface area contributed by atoms with E-state index in [9.17, 15) is 0 Å². The molecule has 3 heteroatoms. The zero-order valence-corrected chi connectivity index (χ0v) is 29.3. The Morgan fingerprint density at radius 1 is 0.389 bits per heavy atom. The second kappa shape index (κ2) is 12.0. The molecule has 0 spiro atoms. The molecule has 54 heavy (non-hydrogen) atoms. The third kappa shape index (κ3) is 4.49. The first-order valence-electron chi connectivity index (χ1n) is 18.4. The highest BCUT2D eigenvalue weighted by Gasteiger charge is 2.45. The van der Waals surface area contributed by atoms with Gasteiger partial charge in [-0.25, -0.2) is 9.97 Å². The Morgan fingerprint density at radius 2 is 0.981 bits per heavy atom. The van der Waals surface area contributed by atoms with E-state index < -0.39 is 5.41 Å². The van der Waals surface area contributed by atoms with Crippen molar-refractivity contribution in [1.82, 2.24) is 9.97 Å². The minimum Gasteiger partial charge on any atom is -0.456 e. The number of furan rings is 1. The van der Waals surface area contributed by atoms with Crippen LogP contribution in [0.1, 0.15) is 22.3 Å². The fraction of sp³-hybridized carbons (Fsp3) is 0.0196. The third-order valence-electron chi connectivity index (χ3n) is 11.2. The molecule has 3 nitrogen and oxygen atoms in total. The predicted molar refractivity (Wildman–Crippen MR) is 220 cm³/mol. The standard InChI is InChI=1S/C51H32N2O/c1-3-15-33(16-4-1)48-42-29-30-46-47(41-25-9-12-28-45(41)54-46)49(42)53-50(52-48)36-19-13-17-34(31-36)35-18-14-22-38(32-35)51(37-20-5-2-6-21-37)43-26-10-7-23-39(43)40-24-8-11-27-44(40)51/h1-32H. The van der Waals surface area contributed by atoms with Gasteiger partial charge in [-0.15, -0.1) is 0 Å². The fourth-order valence-corrected chi connectivity index (χ4v) is 8.83. The molecule has 0 fully saturated rings. The maximum Gasteiger partial charge on any atom is 0.160 e. The predicted octanol–water partition coefficient (Wildman–Crippen LogP) is 12.9. The van der Waals surface area contributed by atoms with Crippen LogP contribution in [0.25, 0.3) is 77.7 Å².